The quantitative estimate of drug-likeness (QED) is 0.759. The summed E-state index contributed by atoms with van der Waals surface area (Å²) < 4.78 is 0.931. The SMILES string of the molecule is Cc1ccc(Nc2ccnc3cc(Br)cnc23)cc1. The Kier molecular flexibility index (Phi) is 3.17. The van der Waals surface area contributed by atoms with Crippen LogP contribution >= 0.6 is 15.9 Å². The zero-order valence-corrected chi connectivity index (χ0v) is 12.0. The van der Waals surface area contributed by atoms with Crippen molar-refractivity contribution in [1.29, 1.82) is 0 Å². The van der Waals surface area contributed by atoms with Gasteiger partial charge in [0.15, 0.2) is 0 Å². The average molecular weight is 314 g/mol. The smallest absolute Gasteiger partial charge is 0.112 e. The molecule has 3 rings (SSSR count). The average Bonchev–Trinajstić information content (AvgIpc) is 2.41. The van der Waals surface area contributed by atoms with Crippen LogP contribution in [-0.4, -0.2) is 9.97 Å². The first-order valence-corrected chi connectivity index (χ1v) is 6.75. The number of nitrogens with zero attached hydrogens (tertiary/aromatic N) is 2. The van der Waals surface area contributed by atoms with E-state index >= 15 is 0 Å². The van der Waals surface area contributed by atoms with Gasteiger partial charge in [-0.1, -0.05) is 17.7 Å². The normalized spacial score (nSPS) is 10.6. The molecule has 0 radical (unpaired) electrons. The van der Waals surface area contributed by atoms with Crippen molar-refractivity contribution >= 4 is 38.3 Å². The molecule has 3 nitrogen and oxygen atoms in total. The van der Waals surface area contributed by atoms with Crippen LogP contribution in [0.5, 0.6) is 0 Å². The number of anilines is 2. The van der Waals surface area contributed by atoms with Crippen molar-refractivity contribution < 1.29 is 0 Å². The lowest BCUT2D eigenvalue weighted by Gasteiger charge is -2.09. The molecule has 2 heterocycles. The molecular formula is C15H12BrN3. The summed E-state index contributed by atoms with van der Waals surface area (Å²) in [5.41, 5.74) is 4.98. The van der Waals surface area contributed by atoms with Gasteiger partial charge < -0.3 is 5.32 Å². The molecule has 0 aliphatic rings. The second kappa shape index (κ2) is 4.97. The minimum atomic E-state index is 0.867. The van der Waals surface area contributed by atoms with Crippen molar-refractivity contribution in [3.8, 4) is 0 Å². The summed E-state index contributed by atoms with van der Waals surface area (Å²) in [6, 6.07) is 12.2. The van der Waals surface area contributed by atoms with Crippen LogP contribution in [0.25, 0.3) is 11.0 Å². The van der Waals surface area contributed by atoms with Gasteiger partial charge in [-0.25, -0.2) is 0 Å². The van der Waals surface area contributed by atoms with E-state index in [-0.39, 0.29) is 0 Å². The number of rotatable bonds is 2. The summed E-state index contributed by atoms with van der Waals surface area (Å²) in [4.78, 5) is 8.75. The third-order valence-corrected chi connectivity index (χ3v) is 3.31. The Morgan fingerprint density at radius 3 is 2.63 bits per heavy atom. The Morgan fingerprint density at radius 1 is 1.05 bits per heavy atom. The number of aromatic nitrogens is 2. The van der Waals surface area contributed by atoms with E-state index in [1.807, 2.05) is 12.1 Å². The maximum absolute atomic E-state index is 4.42. The number of halogens is 1. The van der Waals surface area contributed by atoms with Crippen molar-refractivity contribution in [1.82, 2.24) is 9.97 Å². The first kappa shape index (κ1) is 12.1. The highest BCUT2D eigenvalue weighted by atomic mass is 79.9. The van der Waals surface area contributed by atoms with Crippen molar-refractivity contribution in [2.24, 2.45) is 0 Å². The molecule has 19 heavy (non-hydrogen) atoms. The molecule has 0 aliphatic carbocycles. The molecule has 0 atom stereocenters. The van der Waals surface area contributed by atoms with Gasteiger partial charge in [-0.05, 0) is 47.1 Å². The van der Waals surface area contributed by atoms with Gasteiger partial charge in [-0.2, -0.15) is 0 Å². The third-order valence-electron chi connectivity index (χ3n) is 2.87. The molecule has 0 bridgehead atoms. The van der Waals surface area contributed by atoms with Crippen LogP contribution in [0.2, 0.25) is 0 Å². The Labute approximate surface area is 119 Å². The van der Waals surface area contributed by atoms with Gasteiger partial charge in [0.2, 0.25) is 0 Å². The number of benzene rings is 1. The Balaban J connectivity index is 2.03. The molecular weight excluding hydrogens is 302 g/mol. The Bertz CT molecular complexity index is 723. The summed E-state index contributed by atoms with van der Waals surface area (Å²) in [7, 11) is 0. The van der Waals surface area contributed by atoms with E-state index in [9.17, 15) is 0 Å². The summed E-state index contributed by atoms with van der Waals surface area (Å²) in [5.74, 6) is 0. The predicted octanol–water partition coefficient (Wildman–Crippen LogP) is 4.44. The van der Waals surface area contributed by atoms with Crippen LogP contribution in [0, 0.1) is 6.92 Å². The molecule has 3 aromatic rings. The van der Waals surface area contributed by atoms with Crippen LogP contribution < -0.4 is 5.32 Å². The lowest BCUT2D eigenvalue weighted by atomic mass is 10.2. The van der Waals surface area contributed by atoms with Gasteiger partial charge in [0.1, 0.15) is 5.52 Å². The van der Waals surface area contributed by atoms with Gasteiger partial charge >= 0.3 is 0 Å². The van der Waals surface area contributed by atoms with Crippen LogP contribution in [0.1, 0.15) is 5.56 Å². The summed E-state index contributed by atoms with van der Waals surface area (Å²) >= 11 is 3.41. The molecule has 1 aromatic carbocycles. The monoisotopic (exact) mass is 313 g/mol. The lowest BCUT2D eigenvalue weighted by molar-refractivity contribution is 1.32. The fourth-order valence-corrected chi connectivity index (χ4v) is 2.22. The fourth-order valence-electron chi connectivity index (χ4n) is 1.90. The second-order valence-electron chi connectivity index (χ2n) is 4.37. The summed E-state index contributed by atoms with van der Waals surface area (Å²) in [6.45, 7) is 2.07. The van der Waals surface area contributed by atoms with Crippen LogP contribution in [-0.2, 0) is 0 Å². The number of nitrogens with one attached hydrogen (secondary N) is 1. The molecule has 94 valence electrons. The highest BCUT2D eigenvalue weighted by Crippen LogP contribution is 2.25. The minimum absolute atomic E-state index is 0.867. The lowest BCUT2D eigenvalue weighted by Crippen LogP contribution is -1.94. The van der Waals surface area contributed by atoms with E-state index in [2.05, 4.69) is 62.4 Å². The summed E-state index contributed by atoms with van der Waals surface area (Å²) in [5, 5.41) is 3.38. The van der Waals surface area contributed by atoms with Gasteiger partial charge in [0.25, 0.3) is 0 Å². The number of fused-ring (bicyclic) bond motifs is 1. The topological polar surface area (TPSA) is 37.8 Å². The molecule has 2 aromatic heterocycles. The van der Waals surface area contributed by atoms with Crippen LogP contribution in [0.3, 0.4) is 0 Å². The second-order valence-corrected chi connectivity index (χ2v) is 5.29. The first-order chi connectivity index (χ1) is 9.22. The molecule has 0 fully saturated rings. The number of hydrogen-bond donors (Lipinski definition) is 1. The first-order valence-electron chi connectivity index (χ1n) is 5.96. The van der Waals surface area contributed by atoms with Gasteiger partial charge in [0, 0.05) is 22.6 Å². The predicted molar refractivity (Wildman–Crippen MR) is 81.7 cm³/mol. The van der Waals surface area contributed by atoms with Gasteiger partial charge in [0.05, 0.1) is 11.2 Å². The maximum Gasteiger partial charge on any atom is 0.112 e. The number of hydrogen-bond acceptors (Lipinski definition) is 3. The standard InChI is InChI=1S/C15H12BrN3/c1-10-2-4-12(5-3-10)19-13-6-7-17-14-8-11(16)9-18-15(13)14/h2-9H,1H3,(H,17,19). The molecule has 0 amide bonds. The van der Waals surface area contributed by atoms with Crippen molar-refractivity contribution in [2.75, 3.05) is 5.32 Å². The molecule has 0 unspecified atom stereocenters. The molecule has 0 saturated carbocycles. The zero-order chi connectivity index (χ0) is 13.2. The van der Waals surface area contributed by atoms with Crippen molar-refractivity contribution in [3.63, 3.8) is 0 Å². The van der Waals surface area contributed by atoms with E-state index in [0.717, 1.165) is 26.9 Å². The van der Waals surface area contributed by atoms with Crippen LogP contribution in [0.15, 0.2) is 53.3 Å². The van der Waals surface area contributed by atoms with Gasteiger partial charge in [-0.3, -0.25) is 9.97 Å². The van der Waals surface area contributed by atoms with Crippen LogP contribution in [0.4, 0.5) is 11.4 Å². The molecule has 1 N–H and O–H groups in total. The Hall–Kier alpha value is -1.94. The third kappa shape index (κ3) is 2.58. The largest absolute Gasteiger partial charge is 0.354 e. The van der Waals surface area contributed by atoms with E-state index in [0.29, 0.717) is 0 Å². The molecule has 0 aliphatic heterocycles. The van der Waals surface area contributed by atoms with Crippen molar-refractivity contribution in [2.45, 2.75) is 6.92 Å². The van der Waals surface area contributed by atoms with E-state index in [1.165, 1.54) is 5.56 Å². The van der Waals surface area contributed by atoms with E-state index < -0.39 is 0 Å². The zero-order valence-electron chi connectivity index (χ0n) is 10.4. The summed E-state index contributed by atoms with van der Waals surface area (Å²) in [6.07, 6.45) is 3.57. The van der Waals surface area contributed by atoms with E-state index in [4.69, 9.17) is 0 Å². The minimum Gasteiger partial charge on any atom is -0.354 e. The molecule has 4 heteroatoms. The molecule has 0 spiro atoms. The number of aryl methyl sites for hydroxylation is 1. The highest BCUT2D eigenvalue weighted by molar-refractivity contribution is 9.10. The number of pyridine rings is 2. The highest BCUT2D eigenvalue weighted by Gasteiger charge is 2.04. The fraction of sp³-hybridized carbons (Fsp3) is 0.0667. The van der Waals surface area contributed by atoms with Gasteiger partial charge in [-0.15, -0.1) is 0 Å². The van der Waals surface area contributed by atoms with Crippen molar-refractivity contribution in [3.05, 3.63) is 58.8 Å². The Morgan fingerprint density at radius 2 is 1.84 bits per heavy atom. The maximum atomic E-state index is 4.42. The van der Waals surface area contributed by atoms with E-state index in [1.54, 1.807) is 12.4 Å². The molecule has 0 saturated heterocycles.